The van der Waals surface area contributed by atoms with Crippen molar-refractivity contribution in [2.45, 2.75) is 57.4 Å². The van der Waals surface area contributed by atoms with Crippen LogP contribution < -0.4 is 5.32 Å². The van der Waals surface area contributed by atoms with Crippen molar-refractivity contribution < 1.29 is 4.79 Å². The normalized spacial score (nSPS) is 26.4. The van der Waals surface area contributed by atoms with E-state index in [-0.39, 0.29) is 12.5 Å². The molecule has 2 saturated carbocycles. The van der Waals surface area contributed by atoms with Crippen LogP contribution in [0.25, 0.3) is 0 Å². The second kappa shape index (κ2) is 7.54. The van der Waals surface area contributed by atoms with E-state index >= 15 is 0 Å². The first kappa shape index (κ1) is 16.6. The van der Waals surface area contributed by atoms with Crippen molar-refractivity contribution in [2.75, 3.05) is 33.7 Å². The molecule has 3 fully saturated rings. The van der Waals surface area contributed by atoms with Gasteiger partial charge in [-0.25, -0.2) is 4.99 Å². The maximum Gasteiger partial charge on any atom is 0.243 e. The van der Waals surface area contributed by atoms with Gasteiger partial charge in [0.05, 0.1) is 0 Å². The number of rotatable bonds is 4. The maximum absolute atomic E-state index is 11.9. The molecule has 0 bridgehead atoms. The summed E-state index contributed by atoms with van der Waals surface area (Å²) in [5.41, 5.74) is 0. The lowest BCUT2D eigenvalue weighted by Gasteiger charge is -2.29. The number of nitrogens with zero attached hydrogens (tertiary/aromatic N) is 3. The zero-order chi connectivity index (χ0) is 16.2. The summed E-state index contributed by atoms with van der Waals surface area (Å²) < 4.78 is 0. The molecular formula is C18H32N4O. The highest BCUT2D eigenvalue weighted by Crippen LogP contribution is 2.41. The van der Waals surface area contributed by atoms with Crippen LogP contribution in [0.3, 0.4) is 0 Å². The lowest BCUT2D eigenvalue weighted by atomic mass is 9.96. The van der Waals surface area contributed by atoms with Gasteiger partial charge in [-0.15, -0.1) is 0 Å². The molecule has 0 radical (unpaired) electrons. The van der Waals surface area contributed by atoms with E-state index in [0.717, 1.165) is 30.9 Å². The second-order valence-corrected chi connectivity index (χ2v) is 7.74. The monoisotopic (exact) mass is 320 g/mol. The third-order valence-corrected chi connectivity index (χ3v) is 5.61. The van der Waals surface area contributed by atoms with E-state index in [1.807, 2.05) is 0 Å². The molecule has 23 heavy (non-hydrogen) atoms. The summed E-state index contributed by atoms with van der Waals surface area (Å²) in [5, 5.41) is 3.68. The molecule has 0 aromatic carbocycles. The third-order valence-electron chi connectivity index (χ3n) is 5.61. The molecule has 5 nitrogen and oxygen atoms in total. The van der Waals surface area contributed by atoms with Crippen LogP contribution in [0.15, 0.2) is 4.99 Å². The summed E-state index contributed by atoms with van der Waals surface area (Å²) in [5.74, 6) is 2.86. The number of carbonyl (C=O) groups is 1. The highest BCUT2D eigenvalue weighted by Gasteiger charge is 2.37. The van der Waals surface area contributed by atoms with E-state index in [4.69, 9.17) is 0 Å². The highest BCUT2D eigenvalue weighted by atomic mass is 16.2. The Balaban J connectivity index is 1.62. The number of hydrogen-bond acceptors (Lipinski definition) is 2. The van der Waals surface area contributed by atoms with Crippen molar-refractivity contribution >= 4 is 11.9 Å². The molecule has 3 rings (SSSR count). The Kier molecular flexibility index (Phi) is 5.44. The average Bonchev–Trinajstić information content (AvgIpc) is 3.29. The van der Waals surface area contributed by atoms with Gasteiger partial charge < -0.3 is 15.1 Å². The number of aliphatic imine (C=N–C) groups is 1. The molecule has 1 amide bonds. The molecule has 1 atom stereocenters. The molecule has 1 unspecified atom stereocenters. The number of guanidine groups is 1. The van der Waals surface area contributed by atoms with Gasteiger partial charge in [0.15, 0.2) is 5.96 Å². The van der Waals surface area contributed by atoms with E-state index < -0.39 is 0 Å². The average molecular weight is 320 g/mol. The molecule has 130 valence electrons. The number of nitrogens with one attached hydrogen (secondary N) is 1. The largest absolute Gasteiger partial charge is 0.353 e. The lowest BCUT2D eigenvalue weighted by molar-refractivity contribution is -0.127. The van der Waals surface area contributed by atoms with Crippen molar-refractivity contribution in [3.05, 3.63) is 0 Å². The Morgan fingerprint density at radius 3 is 2.48 bits per heavy atom. The van der Waals surface area contributed by atoms with Gasteiger partial charge in [-0.3, -0.25) is 4.79 Å². The van der Waals surface area contributed by atoms with Crippen molar-refractivity contribution in [1.82, 2.24) is 15.1 Å². The molecule has 1 N–H and O–H groups in total. The Hall–Kier alpha value is -1.26. The summed E-state index contributed by atoms with van der Waals surface area (Å²) in [6, 6.07) is 0.539. The molecule has 5 heteroatoms. The summed E-state index contributed by atoms with van der Waals surface area (Å²) in [6.07, 6.45) is 10.6. The first-order valence-corrected chi connectivity index (χ1v) is 9.39. The van der Waals surface area contributed by atoms with Crippen LogP contribution in [0.5, 0.6) is 0 Å². The lowest BCUT2D eigenvalue weighted by Crippen LogP contribution is -2.46. The SMILES string of the molecule is CN(C)C(=O)CN=C(NC1CCCCC1)N1CCC(C2CC2)C1. The van der Waals surface area contributed by atoms with E-state index in [2.05, 4.69) is 15.2 Å². The van der Waals surface area contributed by atoms with Gasteiger partial charge >= 0.3 is 0 Å². The van der Waals surface area contributed by atoms with E-state index in [0.29, 0.717) is 6.04 Å². The molecular weight excluding hydrogens is 288 g/mol. The molecule has 0 aromatic heterocycles. The van der Waals surface area contributed by atoms with Gasteiger partial charge in [-0.05, 0) is 43.9 Å². The smallest absolute Gasteiger partial charge is 0.243 e. The van der Waals surface area contributed by atoms with E-state index in [9.17, 15) is 4.79 Å². The molecule has 0 aromatic rings. The Bertz CT molecular complexity index is 438. The summed E-state index contributed by atoms with van der Waals surface area (Å²) in [6.45, 7) is 2.47. The second-order valence-electron chi connectivity index (χ2n) is 7.74. The van der Waals surface area contributed by atoms with Crippen molar-refractivity contribution in [3.8, 4) is 0 Å². The number of likely N-dealkylation sites (tertiary alicyclic amines) is 1. The Morgan fingerprint density at radius 2 is 1.83 bits per heavy atom. The van der Waals surface area contributed by atoms with Gasteiger partial charge in [0.2, 0.25) is 5.91 Å². The van der Waals surface area contributed by atoms with Gasteiger partial charge in [0.1, 0.15) is 6.54 Å². The van der Waals surface area contributed by atoms with Crippen LogP contribution in [0.4, 0.5) is 0 Å². The minimum absolute atomic E-state index is 0.0749. The number of hydrogen-bond donors (Lipinski definition) is 1. The summed E-state index contributed by atoms with van der Waals surface area (Å²) in [7, 11) is 3.59. The topological polar surface area (TPSA) is 47.9 Å². The molecule has 3 aliphatic rings. The Morgan fingerprint density at radius 1 is 1.09 bits per heavy atom. The minimum Gasteiger partial charge on any atom is -0.353 e. The fourth-order valence-corrected chi connectivity index (χ4v) is 3.88. The van der Waals surface area contributed by atoms with Gasteiger partial charge in [-0.2, -0.15) is 0 Å². The molecule has 1 aliphatic heterocycles. The fourth-order valence-electron chi connectivity index (χ4n) is 3.88. The summed E-state index contributed by atoms with van der Waals surface area (Å²) in [4.78, 5) is 20.6. The van der Waals surface area contributed by atoms with Crippen LogP contribution in [-0.2, 0) is 4.79 Å². The predicted molar refractivity (Wildman–Crippen MR) is 93.4 cm³/mol. The third kappa shape index (κ3) is 4.61. The van der Waals surface area contributed by atoms with Gasteiger partial charge in [0.25, 0.3) is 0 Å². The van der Waals surface area contributed by atoms with E-state index in [1.54, 1.807) is 19.0 Å². The number of amides is 1. The first-order valence-electron chi connectivity index (χ1n) is 9.39. The first-order chi connectivity index (χ1) is 11.1. The quantitative estimate of drug-likeness (QED) is 0.637. The van der Waals surface area contributed by atoms with Crippen molar-refractivity contribution in [2.24, 2.45) is 16.8 Å². The standard InChI is InChI=1S/C18H32N4O/c1-21(2)17(23)12-19-18(20-16-6-4-3-5-7-16)22-11-10-15(13-22)14-8-9-14/h14-16H,3-13H2,1-2H3,(H,19,20). The van der Waals surface area contributed by atoms with Crippen LogP contribution in [0.1, 0.15) is 51.4 Å². The van der Waals surface area contributed by atoms with Gasteiger partial charge in [-0.1, -0.05) is 19.3 Å². The van der Waals surface area contributed by atoms with Crippen LogP contribution in [-0.4, -0.2) is 61.4 Å². The molecule has 0 spiro atoms. The molecule has 1 heterocycles. The predicted octanol–water partition coefficient (Wildman–Crippen LogP) is 2.08. The van der Waals surface area contributed by atoms with Crippen molar-refractivity contribution in [1.29, 1.82) is 0 Å². The van der Waals surface area contributed by atoms with Gasteiger partial charge in [0, 0.05) is 33.2 Å². The highest BCUT2D eigenvalue weighted by molar-refractivity contribution is 5.85. The number of carbonyl (C=O) groups excluding carboxylic acids is 1. The number of likely N-dealkylation sites (N-methyl/N-ethyl adjacent to an activating group) is 1. The van der Waals surface area contributed by atoms with Crippen LogP contribution in [0, 0.1) is 11.8 Å². The van der Waals surface area contributed by atoms with Crippen molar-refractivity contribution in [3.63, 3.8) is 0 Å². The minimum atomic E-state index is 0.0749. The Labute approximate surface area is 140 Å². The van der Waals surface area contributed by atoms with Crippen LogP contribution in [0.2, 0.25) is 0 Å². The van der Waals surface area contributed by atoms with Crippen LogP contribution >= 0.6 is 0 Å². The van der Waals surface area contributed by atoms with E-state index in [1.165, 1.54) is 51.4 Å². The summed E-state index contributed by atoms with van der Waals surface area (Å²) >= 11 is 0. The zero-order valence-electron chi connectivity index (χ0n) is 14.8. The zero-order valence-corrected chi connectivity index (χ0v) is 14.8. The molecule has 1 saturated heterocycles. The maximum atomic E-state index is 11.9. The fraction of sp³-hybridized carbons (Fsp3) is 0.889. The molecule has 2 aliphatic carbocycles.